The first-order valence-corrected chi connectivity index (χ1v) is 6.98. The smallest absolute Gasteiger partial charge is 0.407 e. The van der Waals surface area contributed by atoms with Crippen LogP contribution in [0, 0.1) is 0 Å². The molecule has 0 bridgehead atoms. The number of amides is 2. The number of carbonyl (C=O) groups excluding carboxylic acids is 1. The number of carboxylic acid groups (broad SMARTS) is 1. The molecule has 1 saturated heterocycles. The zero-order chi connectivity index (χ0) is 14.1. The molecule has 3 rings (SSSR count). The number of hydrogen-bond donors (Lipinski definition) is 1. The molecular formula is C15H18N2O3. The SMILES string of the molecule is O=C(O)N(Cc1ccccc1)C1CC(=O)N(C2CC2)C1. The third kappa shape index (κ3) is 2.61. The van der Waals surface area contributed by atoms with E-state index in [1.807, 2.05) is 35.2 Å². The summed E-state index contributed by atoms with van der Waals surface area (Å²) in [5.74, 6) is 0.0943. The summed E-state index contributed by atoms with van der Waals surface area (Å²) in [5.41, 5.74) is 0.951. The molecule has 0 radical (unpaired) electrons. The molecule has 0 spiro atoms. The van der Waals surface area contributed by atoms with Crippen LogP contribution < -0.4 is 0 Å². The van der Waals surface area contributed by atoms with Gasteiger partial charge in [0, 0.05) is 25.6 Å². The number of benzene rings is 1. The van der Waals surface area contributed by atoms with Gasteiger partial charge in [0.2, 0.25) is 5.91 Å². The fourth-order valence-electron chi connectivity index (χ4n) is 2.79. The van der Waals surface area contributed by atoms with Crippen molar-refractivity contribution >= 4 is 12.0 Å². The Kier molecular flexibility index (Phi) is 3.34. The van der Waals surface area contributed by atoms with Gasteiger partial charge in [0.1, 0.15) is 0 Å². The first-order chi connectivity index (χ1) is 9.65. The molecule has 1 saturated carbocycles. The van der Waals surface area contributed by atoms with Crippen LogP contribution in [-0.4, -0.2) is 45.5 Å². The predicted molar refractivity (Wildman–Crippen MR) is 73.1 cm³/mol. The van der Waals surface area contributed by atoms with E-state index in [9.17, 15) is 14.7 Å². The highest BCUT2D eigenvalue weighted by Gasteiger charge is 2.42. The van der Waals surface area contributed by atoms with Gasteiger partial charge in [-0.05, 0) is 18.4 Å². The van der Waals surface area contributed by atoms with E-state index in [1.165, 1.54) is 4.90 Å². The van der Waals surface area contributed by atoms with Gasteiger partial charge in [-0.15, -0.1) is 0 Å². The third-order valence-corrected chi connectivity index (χ3v) is 4.01. The van der Waals surface area contributed by atoms with Gasteiger partial charge in [0.15, 0.2) is 0 Å². The number of hydrogen-bond acceptors (Lipinski definition) is 2. The van der Waals surface area contributed by atoms with Crippen LogP contribution in [0.1, 0.15) is 24.8 Å². The molecule has 1 unspecified atom stereocenters. The molecule has 1 N–H and O–H groups in total. The summed E-state index contributed by atoms with van der Waals surface area (Å²) in [6.07, 6.45) is 1.48. The molecule has 5 heteroatoms. The minimum Gasteiger partial charge on any atom is -0.465 e. The molecule has 1 aliphatic carbocycles. The van der Waals surface area contributed by atoms with Crippen molar-refractivity contribution in [1.29, 1.82) is 0 Å². The summed E-state index contributed by atoms with van der Waals surface area (Å²) in [4.78, 5) is 26.7. The summed E-state index contributed by atoms with van der Waals surface area (Å²) in [6.45, 7) is 0.884. The second-order valence-electron chi connectivity index (χ2n) is 5.53. The van der Waals surface area contributed by atoms with Crippen LogP contribution in [0.25, 0.3) is 0 Å². The van der Waals surface area contributed by atoms with Crippen molar-refractivity contribution in [2.75, 3.05) is 6.54 Å². The van der Waals surface area contributed by atoms with Crippen molar-refractivity contribution in [3.8, 4) is 0 Å². The van der Waals surface area contributed by atoms with Crippen LogP contribution in [0.5, 0.6) is 0 Å². The standard InChI is InChI=1S/C15H18N2O3/c18-14-8-13(10-16(14)12-6-7-12)17(15(19)20)9-11-4-2-1-3-5-11/h1-5,12-13H,6-10H2,(H,19,20). The lowest BCUT2D eigenvalue weighted by Gasteiger charge is -2.26. The van der Waals surface area contributed by atoms with E-state index < -0.39 is 6.09 Å². The lowest BCUT2D eigenvalue weighted by atomic mass is 10.1. The summed E-state index contributed by atoms with van der Waals surface area (Å²) < 4.78 is 0. The number of rotatable bonds is 4. The molecule has 2 fully saturated rings. The number of nitrogens with zero attached hydrogens (tertiary/aromatic N) is 2. The minimum absolute atomic E-state index is 0.0943. The maximum absolute atomic E-state index is 12.0. The van der Waals surface area contributed by atoms with Crippen molar-refractivity contribution in [3.63, 3.8) is 0 Å². The summed E-state index contributed by atoms with van der Waals surface area (Å²) in [5, 5.41) is 9.42. The summed E-state index contributed by atoms with van der Waals surface area (Å²) in [7, 11) is 0. The minimum atomic E-state index is -0.954. The van der Waals surface area contributed by atoms with Crippen molar-refractivity contribution in [3.05, 3.63) is 35.9 Å². The zero-order valence-electron chi connectivity index (χ0n) is 11.2. The Morgan fingerprint density at radius 3 is 2.60 bits per heavy atom. The Labute approximate surface area is 117 Å². The largest absolute Gasteiger partial charge is 0.465 e. The maximum atomic E-state index is 12.0. The number of carbonyl (C=O) groups is 2. The van der Waals surface area contributed by atoms with E-state index in [1.54, 1.807) is 0 Å². The van der Waals surface area contributed by atoms with Gasteiger partial charge >= 0.3 is 6.09 Å². The first-order valence-electron chi connectivity index (χ1n) is 6.98. The predicted octanol–water partition coefficient (Wildman–Crippen LogP) is 1.93. The van der Waals surface area contributed by atoms with E-state index in [0.29, 0.717) is 25.6 Å². The van der Waals surface area contributed by atoms with Crippen LogP contribution in [0.4, 0.5) is 4.79 Å². The highest BCUT2D eigenvalue weighted by molar-refractivity contribution is 5.81. The van der Waals surface area contributed by atoms with Gasteiger partial charge in [-0.2, -0.15) is 0 Å². The second kappa shape index (κ2) is 5.15. The van der Waals surface area contributed by atoms with Crippen LogP contribution in [-0.2, 0) is 11.3 Å². The Hall–Kier alpha value is -2.04. The van der Waals surface area contributed by atoms with E-state index in [0.717, 1.165) is 18.4 Å². The molecule has 1 atom stereocenters. The van der Waals surface area contributed by atoms with E-state index >= 15 is 0 Å². The average Bonchev–Trinajstić information content (AvgIpc) is 3.20. The van der Waals surface area contributed by atoms with Gasteiger partial charge in [0.05, 0.1) is 6.04 Å². The normalized spacial score (nSPS) is 22.1. The van der Waals surface area contributed by atoms with Crippen LogP contribution in [0.15, 0.2) is 30.3 Å². The van der Waals surface area contributed by atoms with Gasteiger partial charge in [-0.25, -0.2) is 4.79 Å². The maximum Gasteiger partial charge on any atom is 0.407 e. The molecule has 1 heterocycles. The van der Waals surface area contributed by atoms with Crippen molar-refractivity contribution < 1.29 is 14.7 Å². The monoisotopic (exact) mass is 274 g/mol. The Balaban J connectivity index is 1.71. The van der Waals surface area contributed by atoms with Crippen LogP contribution in [0.2, 0.25) is 0 Å². The Bertz CT molecular complexity index is 513. The van der Waals surface area contributed by atoms with Crippen LogP contribution >= 0.6 is 0 Å². The van der Waals surface area contributed by atoms with Gasteiger partial charge < -0.3 is 10.0 Å². The van der Waals surface area contributed by atoms with E-state index in [4.69, 9.17) is 0 Å². The lowest BCUT2D eigenvalue weighted by Crippen LogP contribution is -2.41. The fraction of sp³-hybridized carbons (Fsp3) is 0.467. The number of likely N-dealkylation sites (tertiary alicyclic amines) is 1. The molecule has 20 heavy (non-hydrogen) atoms. The van der Waals surface area contributed by atoms with E-state index in [2.05, 4.69) is 0 Å². The molecule has 106 valence electrons. The molecule has 1 aromatic rings. The molecule has 1 aliphatic heterocycles. The fourth-order valence-corrected chi connectivity index (χ4v) is 2.79. The molecule has 2 aliphatic rings. The summed E-state index contributed by atoms with van der Waals surface area (Å²) >= 11 is 0. The molecule has 2 amide bonds. The van der Waals surface area contributed by atoms with Gasteiger partial charge in [-0.3, -0.25) is 9.69 Å². The second-order valence-corrected chi connectivity index (χ2v) is 5.53. The highest BCUT2D eigenvalue weighted by atomic mass is 16.4. The quantitative estimate of drug-likeness (QED) is 0.912. The van der Waals surface area contributed by atoms with Crippen molar-refractivity contribution in [1.82, 2.24) is 9.80 Å². The van der Waals surface area contributed by atoms with Gasteiger partial charge in [0.25, 0.3) is 0 Å². The van der Waals surface area contributed by atoms with Crippen molar-refractivity contribution in [2.24, 2.45) is 0 Å². The molecule has 1 aromatic carbocycles. The van der Waals surface area contributed by atoms with E-state index in [-0.39, 0.29) is 11.9 Å². The topological polar surface area (TPSA) is 60.9 Å². The lowest BCUT2D eigenvalue weighted by molar-refractivity contribution is -0.128. The molecular weight excluding hydrogens is 256 g/mol. The molecule has 0 aromatic heterocycles. The summed E-state index contributed by atoms with van der Waals surface area (Å²) in [6, 6.07) is 9.65. The van der Waals surface area contributed by atoms with Crippen molar-refractivity contribution in [2.45, 2.75) is 37.9 Å². The zero-order valence-corrected chi connectivity index (χ0v) is 11.2. The Morgan fingerprint density at radius 2 is 2.00 bits per heavy atom. The Morgan fingerprint density at radius 1 is 1.30 bits per heavy atom. The van der Waals surface area contributed by atoms with Crippen LogP contribution in [0.3, 0.4) is 0 Å². The third-order valence-electron chi connectivity index (χ3n) is 4.01. The highest BCUT2D eigenvalue weighted by Crippen LogP contribution is 2.32. The van der Waals surface area contributed by atoms with Gasteiger partial charge in [-0.1, -0.05) is 30.3 Å². The average molecular weight is 274 g/mol. The molecule has 5 nitrogen and oxygen atoms in total. The first kappa shape index (κ1) is 13.0.